The number of nitriles is 1. The highest BCUT2D eigenvalue weighted by molar-refractivity contribution is 5.04. The van der Waals surface area contributed by atoms with Crippen LogP contribution in [0.25, 0.3) is 0 Å². The average Bonchev–Trinajstić information content (AvgIpc) is 2.34. The molecule has 0 spiro atoms. The fourth-order valence-corrected chi connectivity index (χ4v) is 2.49. The maximum Gasteiger partial charge on any atom is 0.106 e. The molecule has 0 fully saturated rings. The molecule has 1 N–H and O–H groups in total. The fourth-order valence-electron chi connectivity index (χ4n) is 2.49. The minimum Gasteiger partial charge on any atom is -0.375 e. The Hall–Kier alpha value is -0.590. The van der Waals surface area contributed by atoms with E-state index in [1.807, 2.05) is 13.8 Å². The molecule has 0 aliphatic carbocycles. The third-order valence-corrected chi connectivity index (χ3v) is 3.44. The molecule has 0 aromatic rings. The molecule has 0 aliphatic heterocycles. The lowest BCUT2D eigenvalue weighted by Crippen LogP contribution is -2.43. The molecular formula is C16H32N2O. The summed E-state index contributed by atoms with van der Waals surface area (Å²) < 4.78 is 5.98. The van der Waals surface area contributed by atoms with Gasteiger partial charge in [-0.05, 0) is 33.7 Å². The molecule has 0 saturated heterocycles. The summed E-state index contributed by atoms with van der Waals surface area (Å²) in [6, 6.07) is 2.35. The number of hydrogen-bond acceptors (Lipinski definition) is 3. The van der Waals surface area contributed by atoms with Gasteiger partial charge in [0.25, 0.3) is 0 Å². The molecule has 0 aliphatic rings. The van der Waals surface area contributed by atoms with Crippen LogP contribution in [0.15, 0.2) is 0 Å². The van der Waals surface area contributed by atoms with E-state index >= 15 is 0 Å². The van der Waals surface area contributed by atoms with Gasteiger partial charge < -0.3 is 4.74 Å². The Morgan fingerprint density at radius 3 is 2.37 bits per heavy atom. The van der Waals surface area contributed by atoms with Crippen LogP contribution in [0, 0.1) is 11.3 Å². The van der Waals surface area contributed by atoms with Gasteiger partial charge in [0.15, 0.2) is 0 Å². The van der Waals surface area contributed by atoms with E-state index in [9.17, 15) is 5.26 Å². The minimum atomic E-state index is -0.476. The predicted molar refractivity (Wildman–Crippen MR) is 81.1 cm³/mol. The molecular weight excluding hydrogens is 236 g/mol. The number of nitrogens with zero attached hydrogens (tertiary/aromatic N) is 1. The summed E-state index contributed by atoms with van der Waals surface area (Å²) in [5, 5.41) is 12.5. The summed E-state index contributed by atoms with van der Waals surface area (Å²) in [5.74, 6) is 0. The van der Waals surface area contributed by atoms with Gasteiger partial charge in [0.05, 0.1) is 18.3 Å². The summed E-state index contributed by atoms with van der Waals surface area (Å²) >= 11 is 0. The molecule has 0 saturated carbocycles. The van der Waals surface area contributed by atoms with Gasteiger partial charge in [-0.2, -0.15) is 5.26 Å². The molecule has 0 aromatic carbocycles. The second-order valence-corrected chi connectivity index (χ2v) is 5.79. The summed E-state index contributed by atoms with van der Waals surface area (Å²) in [6.07, 6.45) is 7.38. The molecule has 3 atom stereocenters. The van der Waals surface area contributed by atoms with Crippen molar-refractivity contribution in [3.63, 3.8) is 0 Å². The number of nitrogens with one attached hydrogen (secondary N) is 1. The first-order valence-corrected chi connectivity index (χ1v) is 7.79. The largest absolute Gasteiger partial charge is 0.375 e. The van der Waals surface area contributed by atoms with Crippen molar-refractivity contribution >= 4 is 0 Å². The number of rotatable bonds is 11. The van der Waals surface area contributed by atoms with Gasteiger partial charge in [-0.15, -0.1) is 0 Å². The smallest absolute Gasteiger partial charge is 0.106 e. The van der Waals surface area contributed by atoms with Crippen molar-refractivity contribution in [1.29, 1.82) is 5.26 Å². The first-order valence-electron chi connectivity index (χ1n) is 7.79. The van der Waals surface area contributed by atoms with Gasteiger partial charge in [-0.25, -0.2) is 0 Å². The highest BCUT2D eigenvalue weighted by atomic mass is 16.5. The van der Waals surface area contributed by atoms with E-state index in [2.05, 4.69) is 32.2 Å². The zero-order chi connectivity index (χ0) is 14.7. The highest BCUT2D eigenvalue weighted by Gasteiger charge is 2.26. The van der Waals surface area contributed by atoms with E-state index in [4.69, 9.17) is 4.74 Å². The quantitative estimate of drug-likeness (QED) is 0.575. The van der Waals surface area contributed by atoms with Crippen molar-refractivity contribution < 1.29 is 4.74 Å². The third kappa shape index (κ3) is 9.02. The Morgan fingerprint density at radius 2 is 1.84 bits per heavy atom. The fraction of sp³-hybridized carbons (Fsp3) is 0.938. The molecule has 0 bridgehead atoms. The van der Waals surface area contributed by atoms with Gasteiger partial charge in [-0.1, -0.05) is 39.5 Å². The molecule has 0 amide bonds. The molecule has 3 nitrogen and oxygen atoms in total. The van der Waals surface area contributed by atoms with Crippen LogP contribution in [0.4, 0.5) is 0 Å². The van der Waals surface area contributed by atoms with Crippen LogP contribution in [0.2, 0.25) is 0 Å². The van der Waals surface area contributed by atoms with E-state index in [1.165, 1.54) is 25.7 Å². The molecule has 0 radical (unpaired) electrons. The Bertz CT molecular complexity index is 262. The molecule has 0 rings (SSSR count). The van der Waals surface area contributed by atoms with Crippen LogP contribution in [0.5, 0.6) is 0 Å². The minimum absolute atomic E-state index is 0.116. The normalized spacial score (nSPS) is 17.5. The lowest BCUT2D eigenvalue weighted by molar-refractivity contribution is -0.00941. The molecule has 3 unspecified atom stereocenters. The third-order valence-electron chi connectivity index (χ3n) is 3.44. The summed E-state index contributed by atoms with van der Waals surface area (Å²) in [6.45, 7) is 11.2. The SMILES string of the molecule is CCCCCCC(C)OC(C)CC(C)(C#N)NCC. The maximum absolute atomic E-state index is 9.23. The van der Waals surface area contributed by atoms with E-state index in [0.29, 0.717) is 0 Å². The topological polar surface area (TPSA) is 45.0 Å². The molecule has 19 heavy (non-hydrogen) atoms. The van der Waals surface area contributed by atoms with Gasteiger partial charge in [0, 0.05) is 6.42 Å². The van der Waals surface area contributed by atoms with E-state index in [1.54, 1.807) is 0 Å². The monoisotopic (exact) mass is 268 g/mol. The summed E-state index contributed by atoms with van der Waals surface area (Å²) in [4.78, 5) is 0. The first kappa shape index (κ1) is 18.4. The van der Waals surface area contributed by atoms with Crippen LogP contribution in [0.1, 0.15) is 73.1 Å². The van der Waals surface area contributed by atoms with Gasteiger partial charge in [0.2, 0.25) is 0 Å². The Balaban J connectivity index is 3.95. The number of hydrogen-bond donors (Lipinski definition) is 1. The second kappa shape index (κ2) is 10.2. The Kier molecular flexibility index (Phi) is 9.91. The van der Waals surface area contributed by atoms with Crippen LogP contribution in [0.3, 0.4) is 0 Å². The summed E-state index contributed by atoms with van der Waals surface area (Å²) in [7, 11) is 0. The van der Waals surface area contributed by atoms with Crippen LogP contribution in [-0.4, -0.2) is 24.3 Å². The van der Waals surface area contributed by atoms with E-state index < -0.39 is 5.54 Å². The van der Waals surface area contributed by atoms with Crippen molar-refractivity contribution in [2.45, 2.75) is 90.9 Å². The number of ether oxygens (including phenoxy) is 1. The highest BCUT2D eigenvalue weighted by Crippen LogP contribution is 2.17. The van der Waals surface area contributed by atoms with Crippen LogP contribution >= 0.6 is 0 Å². The van der Waals surface area contributed by atoms with Gasteiger partial charge in [-0.3, -0.25) is 5.32 Å². The van der Waals surface area contributed by atoms with E-state index in [0.717, 1.165) is 19.4 Å². The van der Waals surface area contributed by atoms with Crippen molar-refractivity contribution in [1.82, 2.24) is 5.32 Å². The van der Waals surface area contributed by atoms with Gasteiger partial charge in [0.1, 0.15) is 5.54 Å². The van der Waals surface area contributed by atoms with Crippen molar-refractivity contribution in [3.05, 3.63) is 0 Å². The summed E-state index contributed by atoms with van der Waals surface area (Å²) in [5.41, 5.74) is -0.476. The molecule has 3 heteroatoms. The zero-order valence-corrected chi connectivity index (χ0v) is 13.5. The predicted octanol–water partition coefficient (Wildman–Crippen LogP) is 4.03. The molecule has 0 heterocycles. The van der Waals surface area contributed by atoms with Crippen molar-refractivity contribution in [2.24, 2.45) is 0 Å². The molecule has 112 valence electrons. The maximum atomic E-state index is 9.23. The van der Waals surface area contributed by atoms with Gasteiger partial charge >= 0.3 is 0 Å². The number of unbranched alkanes of at least 4 members (excludes halogenated alkanes) is 3. The van der Waals surface area contributed by atoms with Crippen LogP contribution in [-0.2, 0) is 4.74 Å². The molecule has 0 aromatic heterocycles. The second-order valence-electron chi connectivity index (χ2n) is 5.79. The van der Waals surface area contributed by atoms with Crippen molar-refractivity contribution in [3.8, 4) is 6.07 Å². The Morgan fingerprint density at radius 1 is 1.16 bits per heavy atom. The average molecular weight is 268 g/mol. The lowest BCUT2D eigenvalue weighted by atomic mass is 9.96. The first-order chi connectivity index (χ1) is 8.97. The lowest BCUT2D eigenvalue weighted by Gasteiger charge is -2.28. The zero-order valence-electron chi connectivity index (χ0n) is 13.5. The van der Waals surface area contributed by atoms with E-state index in [-0.39, 0.29) is 12.2 Å². The van der Waals surface area contributed by atoms with Crippen molar-refractivity contribution in [2.75, 3.05) is 6.54 Å². The Labute approximate surface area is 119 Å². The standard InChI is InChI=1S/C16H32N2O/c1-6-8-9-10-11-14(3)19-15(4)12-16(5,13-17)18-7-2/h14-15,18H,6-12H2,1-5H3. The van der Waals surface area contributed by atoms with Crippen LogP contribution < -0.4 is 5.32 Å².